The van der Waals surface area contributed by atoms with Gasteiger partial charge in [0.05, 0.1) is 10.8 Å². The average molecular weight is 1050 g/mol. The summed E-state index contributed by atoms with van der Waals surface area (Å²) >= 11 is 0. The molecule has 0 amide bonds. The zero-order chi connectivity index (χ0) is 54.4. The average Bonchev–Trinajstić information content (AvgIpc) is 1.72. The van der Waals surface area contributed by atoms with Crippen LogP contribution >= 0.6 is 0 Å². The first-order valence-corrected chi connectivity index (χ1v) is 29.3. The molecule has 0 aromatic heterocycles. The SMILES string of the molecule is O=C(c1ccc2c(c1)C1(c3ccccc3-c3ccccc31)c1ccccc1-2)c1ccc2c(c1)C1(c3ccccc3-2)c2cc(CCC(c3ccccc3)c3ccccc3)ccc2-c2ccc(CC(Cc3ccccc3)c3ccccc3)cc21. The molecule has 4 aliphatic rings. The number of fused-ring (bicyclic) bond motifs is 20. The molecule has 12 aromatic rings. The van der Waals surface area contributed by atoms with Crippen LogP contribution < -0.4 is 0 Å². The second kappa shape index (κ2) is 19.3. The molecular formula is C81H58O. The number of rotatable bonds is 12. The van der Waals surface area contributed by atoms with Crippen molar-refractivity contribution < 1.29 is 4.79 Å². The van der Waals surface area contributed by atoms with Crippen LogP contribution in [0.25, 0.3) is 44.5 Å². The fraction of sp³-hybridized carbons (Fsp3) is 0.0988. The zero-order valence-corrected chi connectivity index (χ0v) is 45.6. The Balaban J connectivity index is 0.859. The van der Waals surface area contributed by atoms with Gasteiger partial charge in [0.15, 0.2) is 5.78 Å². The maximum Gasteiger partial charge on any atom is 0.193 e. The summed E-state index contributed by atoms with van der Waals surface area (Å²) in [4.78, 5) is 15.9. The molecule has 2 atom stereocenters. The van der Waals surface area contributed by atoms with E-state index >= 15 is 4.79 Å². The highest BCUT2D eigenvalue weighted by Crippen LogP contribution is 2.65. The van der Waals surface area contributed by atoms with Gasteiger partial charge in [-0.15, -0.1) is 0 Å². The summed E-state index contributed by atoms with van der Waals surface area (Å²) in [6.07, 6.45) is 3.70. The molecule has 4 aliphatic carbocycles. The van der Waals surface area contributed by atoms with E-state index in [4.69, 9.17) is 0 Å². The molecule has 12 aromatic carbocycles. The zero-order valence-electron chi connectivity index (χ0n) is 45.6. The Bertz CT molecular complexity index is 4370. The summed E-state index contributed by atoms with van der Waals surface area (Å²) in [6, 6.07) is 108. The highest BCUT2D eigenvalue weighted by atomic mass is 16.1. The molecule has 0 saturated heterocycles. The topological polar surface area (TPSA) is 17.1 Å². The number of aryl methyl sites for hydroxylation is 1. The molecule has 1 heteroatoms. The Morgan fingerprint density at radius 2 is 0.610 bits per heavy atom. The molecule has 0 N–H and O–H groups in total. The van der Waals surface area contributed by atoms with Gasteiger partial charge in [-0.2, -0.15) is 0 Å². The second-order valence-electron chi connectivity index (χ2n) is 23.2. The van der Waals surface area contributed by atoms with Gasteiger partial charge in [-0.3, -0.25) is 4.79 Å². The van der Waals surface area contributed by atoms with Crippen molar-refractivity contribution in [2.24, 2.45) is 0 Å². The van der Waals surface area contributed by atoms with Crippen molar-refractivity contribution in [1.82, 2.24) is 0 Å². The van der Waals surface area contributed by atoms with Crippen molar-refractivity contribution in [3.63, 3.8) is 0 Å². The minimum Gasteiger partial charge on any atom is -0.289 e. The van der Waals surface area contributed by atoms with E-state index in [9.17, 15) is 0 Å². The predicted octanol–water partition coefficient (Wildman–Crippen LogP) is 18.9. The van der Waals surface area contributed by atoms with Crippen LogP contribution in [-0.2, 0) is 30.1 Å². The van der Waals surface area contributed by atoms with Gasteiger partial charge < -0.3 is 0 Å². The quantitative estimate of drug-likeness (QED) is 0.111. The minimum absolute atomic E-state index is 0.0304. The van der Waals surface area contributed by atoms with Crippen molar-refractivity contribution in [1.29, 1.82) is 0 Å². The van der Waals surface area contributed by atoms with Gasteiger partial charge in [0, 0.05) is 17.0 Å². The number of hydrogen-bond acceptors (Lipinski definition) is 1. The first-order valence-electron chi connectivity index (χ1n) is 29.3. The van der Waals surface area contributed by atoms with Gasteiger partial charge in [0.25, 0.3) is 0 Å². The molecule has 0 saturated carbocycles. The van der Waals surface area contributed by atoms with E-state index in [-0.39, 0.29) is 17.6 Å². The Morgan fingerprint density at radius 1 is 0.280 bits per heavy atom. The summed E-state index contributed by atoms with van der Waals surface area (Å²) < 4.78 is 0. The lowest BCUT2D eigenvalue weighted by atomic mass is 9.69. The van der Waals surface area contributed by atoms with Crippen LogP contribution in [0.1, 0.15) is 112 Å². The van der Waals surface area contributed by atoms with Crippen LogP contribution in [0.4, 0.5) is 0 Å². The smallest absolute Gasteiger partial charge is 0.193 e. The molecule has 0 radical (unpaired) electrons. The Hall–Kier alpha value is -9.69. The van der Waals surface area contributed by atoms with Crippen molar-refractivity contribution in [3.8, 4) is 44.5 Å². The molecule has 0 aliphatic heterocycles. The van der Waals surface area contributed by atoms with Gasteiger partial charge in [-0.25, -0.2) is 0 Å². The highest BCUT2D eigenvalue weighted by molar-refractivity contribution is 6.11. The number of carbonyl (C=O) groups excluding carboxylic acids is 1. The van der Waals surface area contributed by atoms with Crippen molar-refractivity contribution in [2.75, 3.05) is 0 Å². The van der Waals surface area contributed by atoms with E-state index < -0.39 is 10.8 Å². The van der Waals surface area contributed by atoms with Crippen LogP contribution in [0.3, 0.4) is 0 Å². The molecule has 0 fully saturated rings. The highest BCUT2D eigenvalue weighted by Gasteiger charge is 2.54. The number of carbonyl (C=O) groups is 1. The fourth-order valence-corrected chi connectivity index (χ4v) is 15.5. The maximum atomic E-state index is 15.9. The summed E-state index contributed by atoms with van der Waals surface area (Å²) in [5.74, 6) is 0.552. The van der Waals surface area contributed by atoms with Gasteiger partial charge >= 0.3 is 0 Å². The normalized spacial score (nSPS) is 15.3. The minimum atomic E-state index is -0.681. The first-order chi connectivity index (χ1) is 40.6. The van der Waals surface area contributed by atoms with Crippen LogP contribution in [0.15, 0.2) is 291 Å². The van der Waals surface area contributed by atoms with E-state index in [1.165, 1.54) is 122 Å². The maximum absolute atomic E-state index is 15.9. The van der Waals surface area contributed by atoms with Gasteiger partial charge in [0.2, 0.25) is 0 Å². The summed E-state index contributed by atoms with van der Waals surface area (Å²) in [5, 5.41) is 0. The lowest BCUT2D eigenvalue weighted by molar-refractivity contribution is 0.103. The number of hydrogen-bond donors (Lipinski definition) is 0. The monoisotopic (exact) mass is 1050 g/mol. The molecule has 1 nitrogen and oxygen atoms in total. The second-order valence-corrected chi connectivity index (χ2v) is 23.2. The third-order valence-electron chi connectivity index (χ3n) is 19.0. The van der Waals surface area contributed by atoms with E-state index in [2.05, 4.69) is 291 Å². The Kier molecular flexibility index (Phi) is 11.3. The lowest BCUT2D eigenvalue weighted by Crippen LogP contribution is -2.27. The van der Waals surface area contributed by atoms with Crippen molar-refractivity contribution in [3.05, 3.63) is 380 Å². The summed E-state index contributed by atoms with van der Waals surface area (Å²) in [5.41, 5.74) is 28.0. The van der Waals surface area contributed by atoms with E-state index in [0.717, 1.165) is 25.7 Å². The number of benzene rings is 12. The third kappa shape index (κ3) is 7.29. The van der Waals surface area contributed by atoms with Gasteiger partial charge in [-0.1, -0.05) is 279 Å². The van der Waals surface area contributed by atoms with Crippen LogP contribution in [0.2, 0.25) is 0 Å². The van der Waals surface area contributed by atoms with E-state index in [1.54, 1.807) is 0 Å². The van der Waals surface area contributed by atoms with Crippen molar-refractivity contribution >= 4 is 5.78 Å². The molecule has 2 spiro atoms. The molecule has 388 valence electrons. The summed E-state index contributed by atoms with van der Waals surface area (Å²) in [7, 11) is 0. The first kappa shape index (κ1) is 48.2. The van der Waals surface area contributed by atoms with Crippen LogP contribution in [0, 0.1) is 0 Å². The molecule has 82 heavy (non-hydrogen) atoms. The predicted molar refractivity (Wildman–Crippen MR) is 335 cm³/mol. The molecule has 2 unspecified atom stereocenters. The van der Waals surface area contributed by atoms with Crippen LogP contribution in [-0.4, -0.2) is 5.78 Å². The third-order valence-corrected chi connectivity index (χ3v) is 19.0. The van der Waals surface area contributed by atoms with Crippen LogP contribution in [0.5, 0.6) is 0 Å². The Labute approximate surface area is 480 Å². The molecule has 0 heterocycles. The van der Waals surface area contributed by atoms with E-state index in [0.29, 0.717) is 11.1 Å². The fourth-order valence-electron chi connectivity index (χ4n) is 15.5. The largest absolute Gasteiger partial charge is 0.289 e. The lowest BCUT2D eigenvalue weighted by Gasteiger charge is -2.31. The molecule has 16 rings (SSSR count). The Morgan fingerprint density at radius 3 is 1.07 bits per heavy atom. The van der Waals surface area contributed by atoms with Crippen molar-refractivity contribution in [2.45, 2.75) is 48.3 Å². The van der Waals surface area contributed by atoms with Gasteiger partial charge in [0.1, 0.15) is 0 Å². The van der Waals surface area contributed by atoms with Gasteiger partial charge in [-0.05, 0) is 166 Å². The number of ketones is 1. The molecular weight excluding hydrogens is 989 g/mol. The molecule has 0 bridgehead atoms. The standard InChI is InChI=1S/C81H58O/c82-79(59-40-45-69-65-31-15-19-35-73(65)80(77(69)51-59)71-33-17-13-29-63(71)64-30-14-18-34-72(64)80)60-41-46-70-66-32-16-20-36-74(66)81(78(70)52-60)75-49-54(37-42-62(57-25-9-3-10-26-57)58-27-11-4-12-28-58)38-43-67(75)68-44-39-55(50-76(68)81)48-61(56-23-7-2-8-24-56)47-53-21-5-1-6-22-53/h1-36,38-41,43-46,49-52,61-62H,37,42,47-48H2. The van der Waals surface area contributed by atoms with E-state index in [1.807, 2.05) is 0 Å². The summed E-state index contributed by atoms with van der Waals surface area (Å²) in [6.45, 7) is 0.